The Balaban J connectivity index is 2.02. The minimum absolute atomic E-state index is 0.0990. The van der Waals surface area contributed by atoms with Crippen LogP contribution in [-0.2, 0) is 11.2 Å². The molecular formula is C17H21NOS. The molecule has 2 nitrogen and oxygen atoms in total. The fraction of sp³-hybridized carbons (Fsp3) is 0.353. The van der Waals surface area contributed by atoms with Gasteiger partial charge in [0.05, 0.1) is 12.5 Å². The van der Waals surface area contributed by atoms with Crippen molar-refractivity contribution in [1.29, 1.82) is 0 Å². The number of hydrogen-bond donors (Lipinski definition) is 1. The summed E-state index contributed by atoms with van der Waals surface area (Å²) in [6.45, 7) is 4.36. The lowest BCUT2D eigenvalue weighted by atomic mass is 9.97. The molecule has 2 aromatic rings. The van der Waals surface area contributed by atoms with Crippen molar-refractivity contribution in [3.05, 3.63) is 58.3 Å². The number of benzene rings is 1. The summed E-state index contributed by atoms with van der Waals surface area (Å²) in [5.74, 6) is 0.643. The lowest BCUT2D eigenvalue weighted by molar-refractivity contribution is -0.121. The van der Waals surface area contributed by atoms with E-state index in [4.69, 9.17) is 0 Å². The van der Waals surface area contributed by atoms with Crippen LogP contribution in [0.4, 0.5) is 0 Å². The van der Waals surface area contributed by atoms with Gasteiger partial charge in [-0.25, -0.2) is 0 Å². The smallest absolute Gasteiger partial charge is 0.225 e. The molecule has 0 aliphatic carbocycles. The number of hydrogen-bond acceptors (Lipinski definition) is 2. The quantitative estimate of drug-likeness (QED) is 0.848. The normalized spacial score (nSPS) is 12.3. The van der Waals surface area contributed by atoms with Crippen LogP contribution in [0, 0.1) is 5.92 Å². The summed E-state index contributed by atoms with van der Waals surface area (Å²) in [6, 6.07) is 14.3. The maximum Gasteiger partial charge on any atom is 0.225 e. The number of nitrogens with one attached hydrogen (secondary N) is 1. The first-order valence-corrected chi connectivity index (χ1v) is 7.90. The van der Waals surface area contributed by atoms with Gasteiger partial charge < -0.3 is 5.32 Å². The first kappa shape index (κ1) is 14.8. The Labute approximate surface area is 124 Å². The molecule has 3 heteroatoms. The van der Waals surface area contributed by atoms with Crippen LogP contribution >= 0.6 is 11.3 Å². The molecule has 1 amide bonds. The van der Waals surface area contributed by atoms with Gasteiger partial charge in [-0.3, -0.25) is 4.79 Å². The molecule has 1 aromatic heterocycles. The highest BCUT2D eigenvalue weighted by atomic mass is 32.1. The van der Waals surface area contributed by atoms with E-state index in [0.717, 1.165) is 11.3 Å². The summed E-state index contributed by atoms with van der Waals surface area (Å²) in [5.41, 5.74) is 1.18. The van der Waals surface area contributed by atoms with Gasteiger partial charge in [-0.05, 0) is 29.3 Å². The van der Waals surface area contributed by atoms with E-state index in [0.29, 0.717) is 12.3 Å². The zero-order valence-electron chi connectivity index (χ0n) is 12.0. The Morgan fingerprint density at radius 1 is 1.15 bits per heavy atom. The minimum atomic E-state index is 0.0990. The SMILES string of the molecule is CC(C)C[C@H](NC(=O)Cc1cccs1)c1ccccc1. The second-order valence-electron chi connectivity index (χ2n) is 5.42. The predicted molar refractivity (Wildman–Crippen MR) is 84.8 cm³/mol. The van der Waals surface area contributed by atoms with Crippen LogP contribution in [0.15, 0.2) is 47.8 Å². The molecule has 0 unspecified atom stereocenters. The van der Waals surface area contributed by atoms with Gasteiger partial charge in [-0.1, -0.05) is 50.2 Å². The van der Waals surface area contributed by atoms with Gasteiger partial charge in [0.1, 0.15) is 0 Å². The van der Waals surface area contributed by atoms with Gasteiger partial charge >= 0.3 is 0 Å². The zero-order chi connectivity index (χ0) is 14.4. The Hall–Kier alpha value is -1.61. The van der Waals surface area contributed by atoms with E-state index >= 15 is 0 Å². The lowest BCUT2D eigenvalue weighted by Crippen LogP contribution is -2.30. The second kappa shape index (κ2) is 7.25. The van der Waals surface area contributed by atoms with E-state index in [1.165, 1.54) is 5.56 Å². The summed E-state index contributed by atoms with van der Waals surface area (Å²) < 4.78 is 0. The van der Waals surface area contributed by atoms with Gasteiger partial charge in [-0.15, -0.1) is 11.3 Å². The molecule has 0 fully saturated rings. The van der Waals surface area contributed by atoms with E-state index < -0.39 is 0 Å². The first-order valence-electron chi connectivity index (χ1n) is 7.02. The standard InChI is InChI=1S/C17H21NOS/c1-13(2)11-16(14-7-4-3-5-8-14)18-17(19)12-15-9-6-10-20-15/h3-10,13,16H,11-12H2,1-2H3,(H,18,19)/t16-/m0/s1. The molecule has 2 rings (SSSR count). The monoisotopic (exact) mass is 287 g/mol. The summed E-state index contributed by atoms with van der Waals surface area (Å²) in [7, 11) is 0. The molecule has 0 saturated carbocycles. The molecule has 106 valence electrons. The molecule has 1 heterocycles. The van der Waals surface area contributed by atoms with E-state index in [2.05, 4.69) is 31.3 Å². The Kier molecular flexibility index (Phi) is 5.36. The fourth-order valence-corrected chi connectivity index (χ4v) is 2.96. The van der Waals surface area contributed by atoms with Crippen molar-refractivity contribution in [1.82, 2.24) is 5.32 Å². The Morgan fingerprint density at radius 3 is 2.50 bits per heavy atom. The van der Waals surface area contributed by atoms with Crippen molar-refractivity contribution in [2.24, 2.45) is 5.92 Å². The number of thiophene rings is 1. The Bertz CT molecular complexity index is 519. The van der Waals surface area contributed by atoms with Crippen LogP contribution in [0.3, 0.4) is 0 Å². The topological polar surface area (TPSA) is 29.1 Å². The van der Waals surface area contributed by atoms with Crippen LogP contribution in [0.5, 0.6) is 0 Å². The average molecular weight is 287 g/mol. The Morgan fingerprint density at radius 2 is 1.90 bits per heavy atom. The van der Waals surface area contributed by atoms with E-state index in [-0.39, 0.29) is 11.9 Å². The van der Waals surface area contributed by atoms with Crippen molar-refractivity contribution >= 4 is 17.2 Å². The van der Waals surface area contributed by atoms with Crippen LogP contribution < -0.4 is 5.32 Å². The third kappa shape index (κ3) is 4.49. The molecular weight excluding hydrogens is 266 g/mol. The van der Waals surface area contributed by atoms with Crippen LogP contribution in [0.2, 0.25) is 0 Å². The maximum absolute atomic E-state index is 12.2. The van der Waals surface area contributed by atoms with Crippen LogP contribution in [-0.4, -0.2) is 5.91 Å². The predicted octanol–water partition coefficient (Wildman–Crippen LogP) is 4.19. The minimum Gasteiger partial charge on any atom is -0.349 e. The van der Waals surface area contributed by atoms with Crippen molar-refractivity contribution in [2.75, 3.05) is 0 Å². The molecule has 0 spiro atoms. The average Bonchev–Trinajstić information content (AvgIpc) is 2.91. The van der Waals surface area contributed by atoms with E-state index in [1.807, 2.05) is 35.7 Å². The molecule has 0 aliphatic heterocycles. The van der Waals surface area contributed by atoms with Gasteiger partial charge in [0.2, 0.25) is 5.91 Å². The maximum atomic E-state index is 12.2. The molecule has 0 radical (unpaired) electrons. The summed E-state index contributed by atoms with van der Waals surface area (Å²) in [6.07, 6.45) is 1.43. The van der Waals surface area contributed by atoms with Crippen LogP contribution in [0.25, 0.3) is 0 Å². The third-order valence-electron chi connectivity index (χ3n) is 3.16. The number of rotatable bonds is 6. The van der Waals surface area contributed by atoms with Gasteiger partial charge in [0.25, 0.3) is 0 Å². The molecule has 20 heavy (non-hydrogen) atoms. The van der Waals surface area contributed by atoms with Crippen molar-refractivity contribution in [3.63, 3.8) is 0 Å². The molecule has 1 atom stereocenters. The highest BCUT2D eigenvalue weighted by molar-refractivity contribution is 7.10. The van der Waals surface area contributed by atoms with Crippen LogP contribution in [0.1, 0.15) is 36.8 Å². The number of carbonyl (C=O) groups is 1. The van der Waals surface area contributed by atoms with Gasteiger partial charge in [0, 0.05) is 4.88 Å². The molecule has 1 N–H and O–H groups in total. The number of amides is 1. The summed E-state index contributed by atoms with van der Waals surface area (Å²) >= 11 is 1.63. The zero-order valence-corrected chi connectivity index (χ0v) is 12.8. The fourth-order valence-electron chi connectivity index (χ4n) is 2.25. The third-order valence-corrected chi connectivity index (χ3v) is 4.04. The lowest BCUT2D eigenvalue weighted by Gasteiger charge is -2.21. The highest BCUT2D eigenvalue weighted by Crippen LogP contribution is 2.21. The summed E-state index contributed by atoms with van der Waals surface area (Å²) in [4.78, 5) is 13.3. The van der Waals surface area contributed by atoms with Crippen molar-refractivity contribution < 1.29 is 4.79 Å². The molecule has 0 aliphatic rings. The van der Waals surface area contributed by atoms with E-state index in [1.54, 1.807) is 11.3 Å². The van der Waals surface area contributed by atoms with E-state index in [9.17, 15) is 4.79 Å². The first-order chi connectivity index (χ1) is 9.65. The molecule has 0 bridgehead atoms. The largest absolute Gasteiger partial charge is 0.349 e. The second-order valence-corrected chi connectivity index (χ2v) is 6.45. The summed E-state index contributed by atoms with van der Waals surface area (Å²) in [5, 5.41) is 5.18. The number of carbonyl (C=O) groups excluding carboxylic acids is 1. The highest BCUT2D eigenvalue weighted by Gasteiger charge is 2.16. The van der Waals surface area contributed by atoms with Gasteiger partial charge in [0.15, 0.2) is 0 Å². The van der Waals surface area contributed by atoms with Crippen molar-refractivity contribution in [2.45, 2.75) is 32.7 Å². The van der Waals surface area contributed by atoms with Gasteiger partial charge in [-0.2, -0.15) is 0 Å². The molecule has 1 aromatic carbocycles. The van der Waals surface area contributed by atoms with Crippen molar-refractivity contribution in [3.8, 4) is 0 Å². The molecule has 0 saturated heterocycles.